The monoisotopic (exact) mass is 392 g/mol. The molecule has 0 fully saturated rings. The van der Waals surface area contributed by atoms with Crippen LogP contribution in [0.3, 0.4) is 0 Å². The summed E-state index contributed by atoms with van der Waals surface area (Å²) in [4.78, 5) is 33.5. The van der Waals surface area contributed by atoms with E-state index in [2.05, 4.69) is 9.98 Å². The summed E-state index contributed by atoms with van der Waals surface area (Å²) in [7, 11) is 1.54. The number of methoxy groups -OCH3 is 1. The number of ether oxygens (including phenoxy) is 2. The maximum absolute atomic E-state index is 12.6. The van der Waals surface area contributed by atoms with E-state index >= 15 is 0 Å². The smallest absolute Gasteiger partial charge is 0.343 e. The van der Waals surface area contributed by atoms with E-state index in [9.17, 15) is 14.7 Å². The molecule has 0 aliphatic carbocycles. The van der Waals surface area contributed by atoms with E-state index in [1.165, 1.54) is 6.92 Å². The van der Waals surface area contributed by atoms with Crippen LogP contribution in [0.4, 0.5) is 0 Å². The van der Waals surface area contributed by atoms with Crippen molar-refractivity contribution in [2.24, 2.45) is 9.98 Å². The highest BCUT2D eigenvalue weighted by Gasteiger charge is 2.30. The zero-order chi connectivity index (χ0) is 21.0. The van der Waals surface area contributed by atoms with Gasteiger partial charge in [-0.15, -0.1) is 0 Å². The summed E-state index contributed by atoms with van der Waals surface area (Å²) in [6.45, 7) is 3.21. The molecule has 2 aromatic rings. The zero-order valence-corrected chi connectivity index (χ0v) is 16.3. The van der Waals surface area contributed by atoms with Crippen molar-refractivity contribution in [2.45, 2.75) is 13.8 Å². The maximum Gasteiger partial charge on any atom is 0.343 e. The van der Waals surface area contributed by atoms with Crippen LogP contribution < -0.4 is 4.74 Å². The number of fused-ring (bicyclic) bond motifs is 1. The second kappa shape index (κ2) is 8.52. The van der Waals surface area contributed by atoms with Crippen LogP contribution in [0.25, 0.3) is 0 Å². The first-order valence-corrected chi connectivity index (χ1v) is 8.99. The second-order valence-electron chi connectivity index (χ2n) is 6.16. The summed E-state index contributed by atoms with van der Waals surface area (Å²) >= 11 is 0. The average molecular weight is 392 g/mol. The number of hydrogen-bond acceptors (Lipinski definition) is 5. The molecule has 0 spiro atoms. The summed E-state index contributed by atoms with van der Waals surface area (Å²) in [6.07, 6.45) is 0. The van der Waals surface area contributed by atoms with Gasteiger partial charge in [-0.25, -0.2) is 9.79 Å². The highest BCUT2D eigenvalue weighted by Crippen LogP contribution is 2.26. The molecule has 1 aliphatic heterocycles. The van der Waals surface area contributed by atoms with Crippen molar-refractivity contribution in [2.75, 3.05) is 13.7 Å². The standard InChI is InChI=1S/C22H20N2O5/c1-4-29-22(27)18(13(2)25)19-16-7-5-6-8-17(16)20(23-19)24-21(26)14-9-11-15(28-3)12-10-14/h5-12,25H,4H2,1-3H3/b18-13+,24-20?. The number of rotatable bonds is 5. The first-order valence-electron chi connectivity index (χ1n) is 8.99. The normalized spacial score (nSPS) is 14.7. The van der Waals surface area contributed by atoms with Crippen LogP contribution in [0, 0.1) is 0 Å². The van der Waals surface area contributed by atoms with Gasteiger partial charge in [0.15, 0.2) is 5.84 Å². The van der Waals surface area contributed by atoms with Crippen LogP contribution in [-0.2, 0) is 9.53 Å². The van der Waals surface area contributed by atoms with Gasteiger partial charge >= 0.3 is 5.97 Å². The number of carbonyl (C=O) groups is 2. The number of esters is 1. The van der Waals surface area contributed by atoms with E-state index in [4.69, 9.17) is 9.47 Å². The Bertz CT molecular complexity index is 1050. The Morgan fingerprint density at radius 1 is 1.07 bits per heavy atom. The third kappa shape index (κ3) is 4.08. The Morgan fingerprint density at radius 2 is 1.72 bits per heavy atom. The Morgan fingerprint density at radius 3 is 2.31 bits per heavy atom. The largest absolute Gasteiger partial charge is 0.512 e. The molecule has 2 aromatic carbocycles. The van der Waals surface area contributed by atoms with Crippen molar-refractivity contribution in [3.05, 3.63) is 76.6 Å². The van der Waals surface area contributed by atoms with Gasteiger partial charge in [0.1, 0.15) is 17.1 Å². The molecule has 29 heavy (non-hydrogen) atoms. The Hall–Kier alpha value is -3.74. The van der Waals surface area contributed by atoms with Gasteiger partial charge in [0.2, 0.25) is 0 Å². The van der Waals surface area contributed by atoms with Crippen LogP contribution in [0.2, 0.25) is 0 Å². The Balaban J connectivity index is 2.05. The molecule has 0 aromatic heterocycles. The molecule has 1 amide bonds. The lowest BCUT2D eigenvalue weighted by molar-refractivity contribution is -0.138. The predicted molar refractivity (Wildman–Crippen MR) is 109 cm³/mol. The molecule has 1 N–H and O–H groups in total. The lowest BCUT2D eigenvalue weighted by atomic mass is 9.99. The van der Waals surface area contributed by atoms with Gasteiger partial charge in [-0.3, -0.25) is 4.79 Å². The molecule has 7 heteroatoms. The molecule has 0 radical (unpaired) electrons. The number of aliphatic hydroxyl groups is 1. The zero-order valence-electron chi connectivity index (χ0n) is 16.3. The molecule has 1 aliphatic rings. The van der Waals surface area contributed by atoms with Gasteiger partial charge in [-0.2, -0.15) is 4.99 Å². The van der Waals surface area contributed by atoms with Crippen LogP contribution in [0.5, 0.6) is 5.75 Å². The van der Waals surface area contributed by atoms with Crippen molar-refractivity contribution in [3.63, 3.8) is 0 Å². The third-order valence-electron chi connectivity index (χ3n) is 4.26. The van der Waals surface area contributed by atoms with Crippen molar-refractivity contribution < 1.29 is 24.2 Å². The summed E-state index contributed by atoms with van der Waals surface area (Å²) in [6, 6.07) is 13.6. The molecule has 0 atom stereocenters. The molecule has 0 bridgehead atoms. The number of amidine groups is 1. The number of hydrogen-bond donors (Lipinski definition) is 1. The fourth-order valence-electron chi connectivity index (χ4n) is 2.90. The van der Waals surface area contributed by atoms with Gasteiger partial charge in [0, 0.05) is 16.7 Å². The number of allylic oxidation sites excluding steroid dienone is 1. The predicted octanol–water partition coefficient (Wildman–Crippen LogP) is 3.48. The second-order valence-corrected chi connectivity index (χ2v) is 6.16. The van der Waals surface area contributed by atoms with Crippen LogP contribution in [-0.4, -0.2) is 42.2 Å². The number of carbonyl (C=O) groups excluding carboxylic acids is 2. The fourth-order valence-corrected chi connectivity index (χ4v) is 2.90. The minimum Gasteiger partial charge on any atom is -0.512 e. The summed E-state index contributed by atoms with van der Waals surface area (Å²) in [5, 5.41) is 10.1. The van der Waals surface area contributed by atoms with E-state index in [1.54, 1.807) is 62.6 Å². The molecule has 0 unspecified atom stereocenters. The van der Waals surface area contributed by atoms with E-state index in [0.29, 0.717) is 22.4 Å². The van der Waals surface area contributed by atoms with Crippen LogP contribution >= 0.6 is 0 Å². The molecular formula is C22H20N2O5. The minimum atomic E-state index is -0.691. The minimum absolute atomic E-state index is 0.0543. The number of nitrogens with zero attached hydrogens (tertiary/aromatic N) is 2. The maximum atomic E-state index is 12.6. The number of benzene rings is 2. The SMILES string of the molecule is CCOC(=O)/C(C1=NC(=NC(=O)c2ccc(OC)cc2)c2ccccc21)=C(\C)O. The van der Waals surface area contributed by atoms with Gasteiger partial charge in [0.25, 0.3) is 5.91 Å². The van der Waals surface area contributed by atoms with Crippen molar-refractivity contribution in [1.82, 2.24) is 0 Å². The van der Waals surface area contributed by atoms with Gasteiger partial charge < -0.3 is 14.6 Å². The Kier molecular flexibility index (Phi) is 5.87. The van der Waals surface area contributed by atoms with E-state index in [0.717, 1.165) is 0 Å². The first kappa shape index (κ1) is 20.0. The molecule has 7 nitrogen and oxygen atoms in total. The molecule has 0 saturated heterocycles. The lowest BCUT2D eigenvalue weighted by Gasteiger charge is -2.08. The number of aliphatic imine (C=N–C) groups is 2. The van der Waals surface area contributed by atoms with Crippen molar-refractivity contribution >= 4 is 23.4 Å². The summed E-state index contributed by atoms with van der Waals surface area (Å²) < 4.78 is 10.1. The third-order valence-corrected chi connectivity index (χ3v) is 4.26. The Labute approximate surface area is 168 Å². The average Bonchev–Trinajstić information content (AvgIpc) is 3.06. The molecule has 3 rings (SSSR count). The summed E-state index contributed by atoms with van der Waals surface area (Å²) in [5.74, 6) is -0.601. The summed E-state index contributed by atoms with van der Waals surface area (Å²) in [5.41, 5.74) is 1.72. The first-order chi connectivity index (χ1) is 14.0. The molecule has 148 valence electrons. The van der Waals surface area contributed by atoms with Crippen molar-refractivity contribution in [3.8, 4) is 5.75 Å². The molecule has 1 heterocycles. The molecule has 0 saturated carbocycles. The highest BCUT2D eigenvalue weighted by atomic mass is 16.5. The van der Waals surface area contributed by atoms with E-state index < -0.39 is 11.9 Å². The lowest BCUT2D eigenvalue weighted by Crippen LogP contribution is -2.18. The van der Waals surface area contributed by atoms with E-state index in [1.807, 2.05) is 0 Å². The fraction of sp³-hybridized carbons (Fsp3) is 0.182. The van der Waals surface area contributed by atoms with Crippen LogP contribution in [0.15, 0.2) is 69.8 Å². The van der Waals surface area contributed by atoms with Gasteiger partial charge in [-0.05, 0) is 38.1 Å². The van der Waals surface area contributed by atoms with E-state index in [-0.39, 0.29) is 29.5 Å². The van der Waals surface area contributed by atoms with Gasteiger partial charge in [-0.1, -0.05) is 24.3 Å². The van der Waals surface area contributed by atoms with Crippen LogP contribution in [0.1, 0.15) is 35.3 Å². The topological polar surface area (TPSA) is 97.6 Å². The quantitative estimate of drug-likeness (QED) is 0.477. The number of amides is 1. The van der Waals surface area contributed by atoms with Gasteiger partial charge in [0.05, 0.1) is 19.4 Å². The van der Waals surface area contributed by atoms with Crippen molar-refractivity contribution in [1.29, 1.82) is 0 Å². The molecular weight excluding hydrogens is 372 g/mol. The number of aliphatic hydroxyl groups excluding tert-OH is 1. The highest BCUT2D eigenvalue weighted by molar-refractivity contribution is 6.36.